The minimum absolute atomic E-state index is 0.0738. The Bertz CT molecular complexity index is 454. The molecule has 0 saturated heterocycles. The molecule has 0 spiro atoms. The molecule has 100 valence electrons. The number of aryl methyl sites for hydroxylation is 1. The Balaban J connectivity index is 2.63. The number of methoxy groups -OCH3 is 1. The second-order valence-corrected chi connectivity index (χ2v) is 5.12. The van der Waals surface area contributed by atoms with E-state index in [1.807, 2.05) is 6.92 Å². The van der Waals surface area contributed by atoms with Crippen molar-refractivity contribution in [1.82, 2.24) is 0 Å². The molecule has 3 N–H and O–H groups in total. The third kappa shape index (κ3) is 1.85. The van der Waals surface area contributed by atoms with Gasteiger partial charge in [0.2, 0.25) is 0 Å². The first-order valence-corrected chi connectivity index (χ1v) is 6.32. The van der Waals surface area contributed by atoms with Crippen molar-refractivity contribution < 1.29 is 14.2 Å². The number of nitrogens with two attached hydrogens (primary N) is 1. The van der Waals surface area contributed by atoms with Crippen molar-refractivity contribution in [3.05, 3.63) is 23.0 Å². The quantitative estimate of drug-likeness (QED) is 0.870. The van der Waals surface area contributed by atoms with E-state index in [1.54, 1.807) is 0 Å². The number of benzene rings is 1. The predicted molar refractivity (Wildman–Crippen MR) is 68.6 cm³/mol. The average Bonchev–Trinajstić information content (AvgIpc) is 2.78. The van der Waals surface area contributed by atoms with Crippen molar-refractivity contribution in [2.45, 2.75) is 38.0 Å². The van der Waals surface area contributed by atoms with Crippen LogP contribution < -0.4 is 10.5 Å². The molecular formula is C14H20FNO2. The Labute approximate surface area is 107 Å². The lowest BCUT2D eigenvalue weighted by Crippen LogP contribution is -2.33. The topological polar surface area (TPSA) is 55.5 Å². The van der Waals surface area contributed by atoms with E-state index in [0.717, 1.165) is 36.8 Å². The van der Waals surface area contributed by atoms with Crippen LogP contribution in [-0.2, 0) is 5.41 Å². The maximum absolute atomic E-state index is 13.7. The number of halogens is 1. The molecule has 1 fully saturated rings. The lowest BCUT2D eigenvalue weighted by molar-refractivity contribution is 0.335. The molecule has 1 saturated carbocycles. The van der Waals surface area contributed by atoms with E-state index in [9.17, 15) is 9.50 Å². The predicted octanol–water partition coefficient (Wildman–Crippen LogP) is 2.62. The van der Waals surface area contributed by atoms with Gasteiger partial charge in [0.05, 0.1) is 7.11 Å². The van der Waals surface area contributed by atoms with Crippen molar-refractivity contribution in [2.24, 2.45) is 5.73 Å². The summed E-state index contributed by atoms with van der Waals surface area (Å²) in [6.45, 7) is 2.28. The first kappa shape index (κ1) is 13.1. The second-order valence-electron chi connectivity index (χ2n) is 5.12. The number of phenolic OH excluding ortho intramolecular Hbond substituents is 1. The van der Waals surface area contributed by atoms with Gasteiger partial charge < -0.3 is 15.6 Å². The lowest BCUT2D eigenvalue weighted by Gasteiger charge is -2.31. The highest BCUT2D eigenvalue weighted by Crippen LogP contribution is 2.48. The molecule has 2 rings (SSSR count). The highest BCUT2D eigenvalue weighted by Gasteiger charge is 2.39. The number of ether oxygens (including phenoxy) is 1. The fraction of sp³-hybridized carbons (Fsp3) is 0.571. The van der Waals surface area contributed by atoms with Crippen LogP contribution in [0.15, 0.2) is 6.07 Å². The Morgan fingerprint density at radius 1 is 1.44 bits per heavy atom. The SMILES string of the molecule is COc1c(F)cc(C)c(C2(CN)CCCC2)c1O. The van der Waals surface area contributed by atoms with Gasteiger partial charge in [-0.2, -0.15) is 0 Å². The number of aromatic hydroxyl groups is 1. The molecule has 0 radical (unpaired) electrons. The largest absolute Gasteiger partial charge is 0.504 e. The zero-order valence-electron chi connectivity index (χ0n) is 10.9. The van der Waals surface area contributed by atoms with Crippen LogP contribution in [0.5, 0.6) is 11.5 Å². The fourth-order valence-corrected chi connectivity index (χ4v) is 3.21. The zero-order chi connectivity index (χ0) is 13.3. The van der Waals surface area contributed by atoms with Crippen LogP contribution in [0, 0.1) is 12.7 Å². The third-order valence-corrected chi connectivity index (χ3v) is 4.09. The van der Waals surface area contributed by atoms with Crippen molar-refractivity contribution in [3.8, 4) is 11.5 Å². The minimum Gasteiger partial charge on any atom is -0.504 e. The molecule has 0 atom stereocenters. The van der Waals surface area contributed by atoms with Crippen LogP contribution in [0.25, 0.3) is 0 Å². The molecule has 0 amide bonds. The van der Waals surface area contributed by atoms with Gasteiger partial charge in [0.15, 0.2) is 17.3 Å². The van der Waals surface area contributed by atoms with Crippen LogP contribution in [0.1, 0.15) is 36.8 Å². The molecule has 1 aromatic carbocycles. The number of hydrogen-bond acceptors (Lipinski definition) is 3. The minimum atomic E-state index is -0.526. The molecule has 1 aliphatic rings. The molecule has 1 aliphatic carbocycles. The van der Waals surface area contributed by atoms with Gasteiger partial charge in [-0.05, 0) is 31.4 Å². The molecule has 0 aromatic heterocycles. The van der Waals surface area contributed by atoms with E-state index < -0.39 is 5.82 Å². The Hall–Kier alpha value is -1.29. The van der Waals surface area contributed by atoms with E-state index in [0.29, 0.717) is 6.54 Å². The van der Waals surface area contributed by atoms with Crippen LogP contribution in [-0.4, -0.2) is 18.8 Å². The Kier molecular flexibility index (Phi) is 3.48. The molecule has 4 heteroatoms. The summed E-state index contributed by atoms with van der Waals surface area (Å²) in [6, 6.07) is 1.42. The van der Waals surface area contributed by atoms with Gasteiger partial charge in [0, 0.05) is 17.5 Å². The molecule has 1 aromatic rings. The molecule has 3 nitrogen and oxygen atoms in total. The normalized spacial score (nSPS) is 18.0. The number of rotatable bonds is 3. The van der Waals surface area contributed by atoms with Crippen molar-refractivity contribution in [2.75, 3.05) is 13.7 Å². The third-order valence-electron chi connectivity index (χ3n) is 4.09. The van der Waals surface area contributed by atoms with Crippen LogP contribution in [0.4, 0.5) is 4.39 Å². The summed E-state index contributed by atoms with van der Waals surface area (Å²) in [4.78, 5) is 0. The molecule has 0 bridgehead atoms. The standard InChI is InChI=1S/C14H20FNO2/c1-9-7-10(15)13(18-2)12(17)11(9)14(8-16)5-3-4-6-14/h7,17H,3-6,8,16H2,1-2H3. The molecule has 18 heavy (non-hydrogen) atoms. The maximum Gasteiger partial charge on any atom is 0.196 e. The van der Waals surface area contributed by atoms with E-state index in [2.05, 4.69) is 0 Å². The first-order valence-electron chi connectivity index (χ1n) is 6.32. The highest BCUT2D eigenvalue weighted by atomic mass is 19.1. The average molecular weight is 253 g/mol. The summed E-state index contributed by atoms with van der Waals surface area (Å²) < 4.78 is 18.6. The first-order chi connectivity index (χ1) is 8.55. The summed E-state index contributed by atoms with van der Waals surface area (Å²) >= 11 is 0. The summed E-state index contributed by atoms with van der Waals surface area (Å²) in [5.41, 5.74) is 7.21. The Morgan fingerprint density at radius 3 is 2.56 bits per heavy atom. The highest BCUT2D eigenvalue weighted by molar-refractivity contribution is 5.54. The molecular weight excluding hydrogens is 233 g/mol. The zero-order valence-corrected chi connectivity index (χ0v) is 10.9. The molecule has 0 heterocycles. The van der Waals surface area contributed by atoms with Gasteiger partial charge in [-0.3, -0.25) is 0 Å². The van der Waals surface area contributed by atoms with Gasteiger partial charge in [0.1, 0.15) is 0 Å². The summed E-state index contributed by atoms with van der Waals surface area (Å²) in [5, 5.41) is 10.3. The summed E-state index contributed by atoms with van der Waals surface area (Å²) in [6.07, 6.45) is 4.06. The fourth-order valence-electron chi connectivity index (χ4n) is 3.21. The van der Waals surface area contributed by atoms with E-state index in [4.69, 9.17) is 10.5 Å². The lowest BCUT2D eigenvalue weighted by atomic mass is 9.76. The Morgan fingerprint density at radius 2 is 2.06 bits per heavy atom. The monoisotopic (exact) mass is 253 g/mol. The van der Waals surface area contributed by atoms with Gasteiger partial charge >= 0.3 is 0 Å². The van der Waals surface area contributed by atoms with E-state index in [-0.39, 0.29) is 16.9 Å². The maximum atomic E-state index is 13.7. The van der Waals surface area contributed by atoms with Crippen LogP contribution in [0.2, 0.25) is 0 Å². The smallest absolute Gasteiger partial charge is 0.196 e. The molecule has 0 aliphatic heterocycles. The molecule has 0 unspecified atom stereocenters. The van der Waals surface area contributed by atoms with Gasteiger partial charge in [-0.1, -0.05) is 12.8 Å². The number of phenols is 1. The van der Waals surface area contributed by atoms with Crippen LogP contribution in [0.3, 0.4) is 0 Å². The van der Waals surface area contributed by atoms with Gasteiger partial charge in [-0.15, -0.1) is 0 Å². The van der Waals surface area contributed by atoms with Crippen LogP contribution >= 0.6 is 0 Å². The van der Waals surface area contributed by atoms with E-state index in [1.165, 1.54) is 13.2 Å². The summed E-state index contributed by atoms with van der Waals surface area (Å²) in [5.74, 6) is -0.681. The van der Waals surface area contributed by atoms with Crippen molar-refractivity contribution in [3.63, 3.8) is 0 Å². The van der Waals surface area contributed by atoms with Gasteiger partial charge in [0.25, 0.3) is 0 Å². The van der Waals surface area contributed by atoms with E-state index >= 15 is 0 Å². The second kappa shape index (κ2) is 4.76. The van der Waals surface area contributed by atoms with Crippen molar-refractivity contribution >= 4 is 0 Å². The summed E-state index contributed by atoms with van der Waals surface area (Å²) in [7, 11) is 1.36. The van der Waals surface area contributed by atoms with Gasteiger partial charge in [-0.25, -0.2) is 4.39 Å². The van der Waals surface area contributed by atoms with Crippen molar-refractivity contribution in [1.29, 1.82) is 0 Å². The number of hydrogen-bond donors (Lipinski definition) is 2.